The Hall–Kier alpha value is -3.11. The molecule has 1 aromatic carbocycles. The quantitative estimate of drug-likeness (QED) is 0.381. The van der Waals surface area contributed by atoms with Gasteiger partial charge >= 0.3 is 12.0 Å². The van der Waals surface area contributed by atoms with Crippen molar-refractivity contribution in [1.82, 2.24) is 10.1 Å². The second kappa shape index (κ2) is 8.94. The first kappa shape index (κ1) is 28.0. The molecule has 0 atom stereocenters. The fourth-order valence-electron chi connectivity index (χ4n) is 7.42. The highest BCUT2D eigenvalue weighted by atomic mass is 19.3. The van der Waals surface area contributed by atoms with Gasteiger partial charge in [0.05, 0.1) is 5.41 Å². The summed E-state index contributed by atoms with van der Waals surface area (Å²) in [5.41, 5.74) is -1.98. The molecule has 0 spiro atoms. The number of halogens is 3. The van der Waals surface area contributed by atoms with Crippen LogP contribution in [0.15, 0.2) is 28.8 Å². The molecule has 2 amide bonds. The topological polar surface area (TPSA) is 97.6 Å². The van der Waals surface area contributed by atoms with Crippen LogP contribution in [0, 0.1) is 10.8 Å². The number of anilines is 2. The lowest BCUT2D eigenvalue weighted by Crippen LogP contribution is -2.71. The average molecular weight is 575 g/mol. The Labute approximate surface area is 237 Å². The number of carbonyl (C=O) groups excluding carboxylic acids is 2. The van der Waals surface area contributed by atoms with Gasteiger partial charge in [0.1, 0.15) is 11.3 Å². The summed E-state index contributed by atoms with van der Waals surface area (Å²) in [5, 5.41) is 6.69. The molecule has 1 heterocycles. The van der Waals surface area contributed by atoms with Gasteiger partial charge in [-0.1, -0.05) is 11.2 Å². The molecular formula is C30H37F3N4O4. The zero-order valence-electron chi connectivity index (χ0n) is 24.0. The summed E-state index contributed by atoms with van der Waals surface area (Å²) < 4.78 is 52.3. The van der Waals surface area contributed by atoms with Gasteiger partial charge in [-0.05, 0) is 102 Å². The SMILES string of the molecule is CC(C)(C)OC(=O)Nc1cccc(N(CC23CCC(c4noc(C(C)(F)F)n4)(CC2)CC3)C(=O)C23CC(F)(C2)C3)c1. The van der Waals surface area contributed by atoms with Gasteiger partial charge in [0.25, 0.3) is 5.89 Å². The van der Waals surface area contributed by atoms with Gasteiger partial charge in [-0.15, -0.1) is 0 Å². The molecule has 1 aromatic heterocycles. The van der Waals surface area contributed by atoms with E-state index in [0.29, 0.717) is 43.0 Å². The maximum absolute atomic E-state index is 14.5. The molecule has 2 aromatic rings. The molecule has 0 radical (unpaired) electrons. The zero-order chi connectivity index (χ0) is 29.5. The Morgan fingerprint density at radius 3 is 2.22 bits per heavy atom. The van der Waals surface area contributed by atoms with Gasteiger partial charge in [-0.25, -0.2) is 9.18 Å². The average Bonchev–Trinajstić information content (AvgIpc) is 3.37. The van der Waals surface area contributed by atoms with Crippen molar-refractivity contribution in [1.29, 1.82) is 0 Å². The van der Waals surface area contributed by atoms with Gasteiger partial charge in [0, 0.05) is 30.3 Å². The Balaban J connectivity index is 1.22. The number of rotatable bonds is 7. The summed E-state index contributed by atoms with van der Waals surface area (Å²) in [6.07, 6.45) is 4.63. The predicted molar refractivity (Wildman–Crippen MR) is 144 cm³/mol. The van der Waals surface area contributed by atoms with Crippen LogP contribution in [0.3, 0.4) is 0 Å². The summed E-state index contributed by atoms with van der Waals surface area (Å²) in [4.78, 5) is 32.3. The van der Waals surface area contributed by atoms with E-state index in [1.54, 1.807) is 43.9 Å². The molecule has 0 unspecified atom stereocenters. The largest absolute Gasteiger partial charge is 0.444 e. The number of hydrogen-bond acceptors (Lipinski definition) is 6. The number of carbonyl (C=O) groups is 2. The van der Waals surface area contributed by atoms with Crippen LogP contribution >= 0.6 is 0 Å². The standard InChI is InChI=1S/C30H37F3N4O4/c1-25(2,3)40-24(39)34-19-6-5-7-20(14-19)37(23(38)29-15-30(33,16-29)17-29)18-27-8-11-28(12-9-27,13-10-27)21-35-22(41-36-21)26(4,31)32/h5-7,14H,8-13,15-18H2,1-4H3,(H,34,39). The van der Waals surface area contributed by atoms with E-state index >= 15 is 0 Å². The normalized spacial score (nSPS) is 32.1. The van der Waals surface area contributed by atoms with E-state index < -0.39 is 40.0 Å². The molecule has 6 saturated carbocycles. The summed E-state index contributed by atoms with van der Waals surface area (Å²) in [5.74, 6) is -3.58. The van der Waals surface area contributed by atoms with Crippen molar-refractivity contribution in [2.45, 2.75) is 108 Å². The van der Waals surface area contributed by atoms with E-state index in [2.05, 4.69) is 15.5 Å². The lowest BCUT2D eigenvalue weighted by atomic mass is 9.41. The van der Waals surface area contributed by atoms with E-state index in [1.165, 1.54) is 0 Å². The molecule has 0 saturated heterocycles. The molecule has 1 N–H and O–H groups in total. The lowest BCUT2D eigenvalue weighted by Gasteiger charge is -2.65. The van der Waals surface area contributed by atoms with Crippen LogP contribution in [0.2, 0.25) is 0 Å². The first-order valence-corrected chi connectivity index (χ1v) is 14.4. The highest BCUT2D eigenvalue weighted by Crippen LogP contribution is 2.70. The third-order valence-corrected chi connectivity index (χ3v) is 9.64. The van der Waals surface area contributed by atoms with E-state index in [4.69, 9.17) is 9.26 Å². The lowest BCUT2D eigenvalue weighted by molar-refractivity contribution is -0.211. The van der Waals surface area contributed by atoms with Crippen molar-refractivity contribution >= 4 is 23.4 Å². The minimum Gasteiger partial charge on any atom is -0.444 e. The number of fused-ring (bicyclic) bond motifs is 3. The van der Waals surface area contributed by atoms with Crippen molar-refractivity contribution in [2.24, 2.45) is 10.8 Å². The summed E-state index contributed by atoms with van der Waals surface area (Å²) >= 11 is 0. The smallest absolute Gasteiger partial charge is 0.412 e. The number of hydrogen-bond donors (Lipinski definition) is 1. The van der Waals surface area contributed by atoms with Gasteiger partial charge in [-0.2, -0.15) is 13.8 Å². The van der Waals surface area contributed by atoms with E-state index in [1.807, 2.05) is 6.07 Å². The van der Waals surface area contributed by atoms with Gasteiger partial charge < -0.3 is 14.2 Å². The van der Waals surface area contributed by atoms with Crippen LogP contribution in [-0.4, -0.2) is 40.0 Å². The van der Waals surface area contributed by atoms with Gasteiger partial charge in [0.2, 0.25) is 5.91 Å². The first-order chi connectivity index (χ1) is 19.0. The van der Waals surface area contributed by atoms with Crippen LogP contribution in [0.4, 0.5) is 29.3 Å². The Morgan fingerprint density at radius 1 is 1.05 bits per heavy atom. The van der Waals surface area contributed by atoms with E-state index in [9.17, 15) is 22.8 Å². The molecule has 0 aliphatic heterocycles. The monoisotopic (exact) mass is 574 g/mol. The number of benzene rings is 1. The number of nitrogens with one attached hydrogen (secondary N) is 1. The van der Waals surface area contributed by atoms with Crippen LogP contribution in [0.5, 0.6) is 0 Å². The Kier molecular flexibility index (Phi) is 6.11. The molecule has 8 nitrogen and oxygen atoms in total. The van der Waals surface area contributed by atoms with Crippen molar-refractivity contribution in [3.8, 4) is 0 Å². The Morgan fingerprint density at radius 2 is 1.68 bits per heavy atom. The first-order valence-electron chi connectivity index (χ1n) is 14.4. The fraction of sp³-hybridized carbons (Fsp3) is 0.667. The zero-order valence-corrected chi connectivity index (χ0v) is 24.0. The minimum absolute atomic E-state index is 0.0729. The molecule has 8 rings (SSSR count). The highest BCUT2D eigenvalue weighted by Gasteiger charge is 2.73. The fourth-order valence-corrected chi connectivity index (χ4v) is 7.42. The summed E-state index contributed by atoms with van der Waals surface area (Å²) in [6.45, 7) is 6.55. The molecule has 222 valence electrons. The third kappa shape index (κ3) is 4.99. The molecule has 41 heavy (non-hydrogen) atoms. The van der Waals surface area contributed by atoms with E-state index in [0.717, 1.165) is 26.2 Å². The van der Waals surface area contributed by atoms with Crippen molar-refractivity contribution < 1.29 is 32.0 Å². The van der Waals surface area contributed by atoms with Crippen molar-refractivity contribution in [3.05, 3.63) is 36.0 Å². The molecule has 4 bridgehead atoms. The van der Waals surface area contributed by atoms with Crippen LogP contribution in [0.1, 0.15) is 97.2 Å². The summed E-state index contributed by atoms with van der Waals surface area (Å²) in [7, 11) is 0. The maximum atomic E-state index is 14.5. The van der Waals surface area contributed by atoms with Crippen molar-refractivity contribution in [2.75, 3.05) is 16.8 Å². The van der Waals surface area contributed by atoms with Crippen LogP contribution < -0.4 is 10.2 Å². The Bertz CT molecular complexity index is 1330. The molecule has 6 fully saturated rings. The number of amides is 2. The van der Waals surface area contributed by atoms with E-state index in [-0.39, 0.29) is 30.6 Å². The number of ether oxygens (including phenoxy) is 1. The molecular weight excluding hydrogens is 537 g/mol. The second-order valence-electron chi connectivity index (χ2n) is 14.1. The van der Waals surface area contributed by atoms with Crippen molar-refractivity contribution in [3.63, 3.8) is 0 Å². The molecule has 6 aliphatic rings. The van der Waals surface area contributed by atoms with Gasteiger partial charge in [0.15, 0.2) is 5.82 Å². The third-order valence-electron chi connectivity index (χ3n) is 9.64. The highest BCUT2D eigenvalue weighted by molar-refractivity contribution is 6.01. The number of aromatic nitrogens is 2. The second-order valence-corrected chi connectivity index (χ2v) is 14.1. The molecule has 11 heteroatoms. The molecule has 6 aliphatic carbocycles. The summed E-state index contributed by atoms with van der Waals surface area (Å²) in [6, 6.07) is 7.12. The maximum Gasteiger partial charge on any atom is 0.412 e. The number of alkyl halides is 3. The number of nitrogens with zero attached hydrogens (tertiary/aromatic N) is 3. The van der Waals surface area contributed by atoms with Gasteiger partial charge in [-0.3, -0.25) is 10.1 Å². The van der Waals surface area contributed by atoms with Crippen LogP contribution in [0.25, 0.3) is 0 Å². The minimum atomic E-state index is -3.19. The predicted octanol–water partition coefficient (Wildman–Crippen LogP) is 7.05. The van der Waals surface area contributed by atoms with Crippen LogP contribution in [-0.2, 0) is 20.9 Å².